The zero-order valence-corrected chi connectivity index (χ0v) is 21.6. The molecule has 0 radical (unpaired) electrons. The second-order valence-corrected chi connectivity index (χ2v) is 10.5. The molecule has 3 heterocycles. The van der Waals surface area contributed by atoms with E-state index in [4.69, 9.17) is 13.9 Å². The fourth-order valence-electron chi connectivity index (χ4n) is 4.88. The average Bonchev–Trinajstić information content (AvgIpc) is 3.40. The van der Waals surface area contributed by atoms with Crippen molar-refractivity contribution in [3.8, 4) is 5.75 Å². The SMILES string of the molecule is CC(C)(C)C(=O)N1CCc2ccc(OCc3nc(C(=O)N4CCOCC4)co3)cc2C1c1ccccc1. The van der Waals surface area contributed by atoms with Gasteiger partial charge in [0.1, 0.15) is 12.0 Å². The van der Waals surface area contributed by atoms with E-state index in [0.29, 0.717) is 44.5 Å². The van der Waals surface area contributed by atoms with Crippen LogP contribution in [0.5, 0.6) is 5.75 Å². The standard InChI is InChI=1S/C29H33N3O5/c1-29(2,3)28(34)32-12-11-20-9-10-22(17-23(20)26(32)21-7-5-4-6-8-21)36-19-25-30-24(18-37-25)27(33)31-13-15-35-16-14-31/h4-10,17-18,26H,11-16,19H2,1-3H3. The molecule has 3 aromatic rings. The Morgan fingerprint density at radius 2 is 1.81 bits per heavy atom. The minimum Gasteiger partial charge on any atom is -0.484 e. The third kappa shape index (κ3) is 5.39. The smallest absolute Gasteiger partial charge is 0.275 e. The highest BCUT2D eigenvalue weighted by Gasteiger charge is 2.37. The second kappa shape index (κ2) is 10.4. The van der Waals surface area contributed by atoms with Gasteiger partial charge in [-0.05, 0) is 35.2 Å². The molecule has 2 amide bonds. The number of hydrogen-bond acceptors (Lipinski definition) is 6. The number of carbonyl (C=O) groups is 2. The number of oxazole rings is 1. The van der Waals surface area contributed by atoms with Gasteiger partial charge in [-0.3, -0.25) is 9.59 Å². The zero-order chi connectivity index (χ0) is 26.0. The molecule has 5 rings (SSSR count). The lowest BCUT2D eigenvalue weighted by Gasteiger charge is -2.41. The summed E-state index contributed by atoms with van der Waals surface area (Å²) in [5.74, 6) is 0.944. The summed E-state index contributed by atoms with van der Waals surface area (Å²) in [6.07, 6.45) is 2.16. The van der Waals surface area contributed by atoms with Crippen LogP contribution in [0.25, 0.3) is 0 Å². The van der Waals surface area contributed by atoms with Crippen molar-refractivity contribution in [3.05, 3.63) is 83.1 Å². The van der Waals surface area contributed by atoms with Gasteiger partial charge in [-0.1, -0.05) is 57.2 Å². The average molecular weight is 504 g/mol. The first-order valence-corrected chi connectivity index (χ1v) is 12.7. The third-order valence-electron chi connectivity index (χ3n) is 6.79. The molecule has 194 valence electrons. The van der Waals surface area contributed by atoms with Gasteiger partial charge in [0.15, 0.2) is 12.3 Å². The number of benzene rings is 2. The van der Waals surface area contributed by atoms with E-state index in [1.54, 1.807) is 4.90 Å². The Hall–Kier alpha value is -3.65. The van der Waals surface area contributed by atoms with Gasteiger partial charge in [0.25, 0.3) is 5.91 Å². The first-order chi connectivity index (χ1) is 17.8. The molecule has 37 heavy (non-hydrogen) atoms. The van der Waals surface area contributed by atoms with Crippen molar-refractivity contribution in [1.82, 2.24) is 14.8 Å². The second-order valence-electron chi connectivity index (χ2n) is 10.5. The van der Waals surface area contributed by atoms with Crippen molar-refractivity contribution in [2.75, 3.05) is 32.8 Å². The number of carbonyl (C=O) groups excluding carboxylic acids is 2. The van der Waals surface area contributed by atoms with E-state index < -0.39 is 5.41 Å². The maximum atomic E-state index is 13.4. The van der Waals surface area contributed by atoms with Crippen LogP contribution in [0.2, 0.25) is 0 Å². The number of hydrogen-bond donors (Lipinski definition) is 0. The lowest BCUT2D eigenvalue weighted by molar-refractivity contribution is -0.141. The number of ether oxygens (including phenoxy) is 2. The molecule has 1 unspecified atom stereocenters. The Morgan fingerprint density at radius 3 is 2.54 bits per heavy atom. The summed E-state index contributed by atoms with van der Waals surface area (Å²) in [7, 11) is 0. The minimum atomic E-state index is -0.486. The lowest BCUT2D eigenvalue weighted by Crippen LogP contribution is -2.45. The van der Waals surface area contributed by atoms with Crippen LogP contribution in [-0.4, -0.2) is 59.4 Å². The summed E-state index contributed by atoms with van der Waals surface area (Å²) in [5, 5.41) is 0. The fourth-order valence-corrected chi connectivity index (χ4v) is 4.88. The fraction of sp³-hybridized carbons (Fsp3) is 0.414. The summed E-state index contributed by atoms with van der Waals surface area (Å²) < 4.78 is 16.9. The quantitative estimate of drug-likeness (QED) is 0.518. The monoisotopic (exact) mass is 503 g/mol. The predicted octanol–water partition coefficient (Wildman–Crippen LogP) is 4.25. The molecule has 8 heteroatoms. The molecule has 0 bridgehead atoms. The molecule has 1 atom stereocenters. The van der Waals surface area contributed by atoms with Crippen LogP contribution in [0.3, 0.4) is 0 Å². The van der Waals surface area contributed by atoms with Gasteiger partial charge in [-0.15, -0.1) is 0 Å². The molecule has 2 aliphatic rings. The van der Waals surface area contributed by atoms with E-state index in [9.17, 15) is 9.59 Å². The molecular formula is C29H33N3O5. The molecule has 0 N–H and O–H groups in total. The Balaban J connectivity index is 1.36. The Labute approximate surface area is 217 Å². The number of aromatic nitrogens is 1. The maximum absolute atomic E-state index is 13.4. The first kappa shape index (κ1) is 25.0. The number of nitrogens with zero attached hydrogens (tertiary/aromatic N) is 3. The molecule has 8 nitrogen and oxygen atoms in total. The lowest BCUT2D eigenvalue weighted by atomic mass is 9.85. The number of fused-ring (bicyclic) bond motifs is 1. The van der Waals surface area contributed by atoms with E-state index in [0.717, 1.165) is 17.5 Å². The molecule has 1 fully saturated rings. The summed E-state index contributed by atoms with van der Waals surface area (Å²) in [5.41, 5.74) is 3.11. The summed E-state index contributed by atoms with van der Waals surface area (Å²) in [4.78, 5) is 34.1. The van der Waals surface area contributed by atoms with Gasteiger partial charge in [0, 0.05) is 25.0 Å². The van der Waals surface area contributed by atoms with E-state index in [2.05, 4.69) is 23.2 Å². The normalized spacial score (nSPS) is 17.9. The number of rotatable bonds is 5. The van der Waals surface area contributed by atoms with Crippen molar-refractivity contribution >= 4 is 11.8 Å². The molecule has 1 aromatic heterocycles. The Morgan fingerprint density at radius 1 is 1.05 bits per heavy atom. The van der Waals surface area contributed by atoms with Crippen molar-refractivity contribution in [2.24, 2.45) is 5.41 Å². The van der Waals surface area contributed by atoms with Crippen molar-refractivity contribution in [2.45, 2.75) is 39.8 Å². The van der Waals surface area contributed by atoms with Gasteiger partial charge < -0.3 is 23.7 Å². The van der Waals surface area contributed by atoms with Gasteiger partial charge in [-0.2, -0.15) is 0 Å². The van der Waals surface area contributed by atoms with Crippen LogP contribution < -0.4 is 4.74 Å². The van der Waals surface area contributed by atoms with Crippen LogP contribution in [0.4, 0.5) is 0 Å². The Kier molecular flexibility index (Phi) is 7.02. The van der Waals surface area contributed by atoms with Crippen LogP contribution in [0, 0.1) is 5.41 Å². The van der Waals surface area contributed by atoms with Gasteiger partial charge in [0.2, 0.25) is 11.8 Å². The molecule has 1 saturated heterocycles. The van der Waals surface area contributed by atoms with Gasteiger partial charge >= 0.3 is 0 Å². The highest BCUT2D eigenvalue weighted by Crippen LogP contribution is 2.39. The van der Waals surface area contributed by atoms with Crippen LogP contribution in [0.15, 0.2) is 59.2 Å². The minimum absolute atomic E-state index is 0.0931. The maximum Gasteiger partial charge on any atom is 0.275 e. The summed E-state index contributed by atoms with van der Waals surface area (Å²) in [6, 6.07) is 15.9. The molecular weight excluding hydrogens is 470 g/mol. The van der Waals surface area contributed by atoms with Crippen molar-refractivity contribution in [1.29, 1.82) is 0 Å². The predicted molar refractivity (Wildman–Crippen MR) is 137 cm³/mol. The summed E-state index contributed by atoms with van der Waals surface area (Å²) >= 11 is 0. The zero-order valence-electron chi connectivity index (χ0n) is 21.6. The molecule has 0 spiro atoms. The molecule has 0 aliphatic carbocycles. The van der Waals surface area contributed by atoms with E-state index >= 15 is 0 Å². The molecule has 0 saturated carbocycles. The van der Waals surface area contributed by atoms with Crippen molar-refractivity contribution in [3.63, 3.8) is 0 Å². The van der Waals surface area contributed by atoms with Gasteiger partial charge in [-0.25, -0.2) is 4.98 Å². The summed E-state index contributed by atoms with van der Waals surface area (Å²) in [6.45, 7) is 8.78. The number of amides is 2. The topological polar surface area (TPSA) is 85.1 Å². The Bertz CT molecular complexity index is 1260. The van der Waals surface area contributed by atoms with Crippen molar-refractivity contribution < 1.29 is 23.5 Å². The third-order valence-corrected chi connectivity index (χ3v) is 6.79. The highest BCUT2D eigenvalue weighted by atomic mass is 16.5. The van der Waals surface area contributed by atoms with E-state index in [1.165, 1.54) is 11.8 Å². The van der Waals surface area contributed by atoms with Crippen LogP contribution >= 0.6 is 0 Å². The first-order valence-electron chi connectivity index (χ1n) is 12.7. The molecule has 2 aromatic carbocycles. The molecule has 2 aliphatic heterocycles. The van der Waals surface area contributed by atoms with Crippen LogP contribution in [-0.2, 0) is 22.6 Å². The van der Waals surface area contributed by atoms with Gasteiger partial charge in [0.05, 0.1) is 19.3 Å². The number of morpholine rings is 1. The van der Waals surface area contributed by atoms with Crippen LogP contribution in [0.1, 0.15) is 59.9 Å². The largest absolute Gasteiger partial charge is 0.484 e. The van der Waals surface area contributed by atoms with E-state index in [1.807, 2.05) is 56.0 Å². The van der Waals surface area contributed by atoms with E-state index in [-0.39, 0.29) is 30.2 Å². The highest BCUT2D eigenvalue weighted by molar-refractivity contribution is 5.92.